The van der Waals surface area contributed by atoms with Crippen LogP contribution in [0.25, 0.3) is 0 Å². The number of fused-ring (bicyclic) bond motifs is 1. The van der Waals surface area contributed by atoms with E-state index in [9.17, 15) is 10.2 Å². The van der Waals surface area contributed by atoms with Gasteiger partial charge in [0.05, 0.1) is 25.9 Å². The Hall–Kier alpha value is -1.30. The van der Waals surface area contributed by atoms with Crippen LogP contribution in [0.5, 0.6) is 11.5 Å². The van der Waals surface area contributed by atoms with Gasteiger partial charge in [-0.25, -0.2) is 0 Å². The van der Waals surface area contributed by atoms with E-state index in [2.05, 4.69) is 18.0 Å². The van der Waals surface area contributed by atoms with Gasteiger partial charge in [-0.15, -0.1) is 0 Å². The summed E-state index contributed by atoms with van der Waals surface area (Å²) < 4.78 is 11.3. The Bertz CT molecular complexity index is 663. The van der Waals surface area contributed by atoms with Crippen molar-refractivity contribution >= 4 is 0 Å². The standard InChI is InChI=1S/C19H27NO4/c1-20-9-8-18-11-13(21)6-7-19(18,22)15(20)10-12-4-5-14(23-2)17(24-3)16(12)18/h4-5,13,15,21-22H,6-11H2,1-3H3/t13-,15+,18-,19-/m1/s1. The molecule has 2 aliphatic carbocycles. The van der Waals surface area contributed by atoms with Crippen molar-refractivity contribution in [2.75, 3.05) is 27.8 Å². The highest BCUT2D eigenvalue weighted by Gasteiger charge is 2.65. The lowest BCUT2D eigenvalue weighted by Crippen LogP contribution is -2.73. The fourth-order valence-electron chi connectivity index (χ4n) is 5.64. The van der Waals surface area contributed by atoms with Crippen molar-refractivity contribution < 1.29 is 19.7 Å². The van der Waals surface area contributed by atoms with Crippen molar-refractivity contribution in [1.82, 2.24) is 4.90 Å². The first-order chi connectivity index (χ1) is 11.5. The maximum absolute atomic E-state index is 11.8. The number of piperidine rings is 1. The molecule has 1 aromatic carbocycles. The summed E-state index contributed by atoms with van der Waals surface area (Å²) in [5.41, 5.74) is 0.985. The molecule has 4 rings (SSSR count). The summed E-state index contributed by atoms with van der Waals surface area (Å²) in [5.74, 6) is 1.43. The molecule has 4 atom stereocenters. The third-order valence-electron chi connectivity index (χ3n) is 6.77. The van der Waals surface area contributed by atoms with Crippen molar-refractivity contribution in [2.45, 2.75) is 55.3 Å². The molecule has 5 heteroatoms. The topological polar surface area (TPSA) is 62.2 Å². The minimum Gasteiger partial charge on any atom is -0.493 e. The van der Waals surface area contributed by atoms with Crippen LogP contribution in [0.15, 0.2) is 12.1 Å². The molecular weight excluding hydrogens is 306 g/mol. The van der Waals surface area contributed by atoms with E-state index in [1.54, 1.807) is 14.2 Å². The van der Waals surface area contributed by atoms with Crippen molar-refractivity contribution in [3.05, 3.63) is 23.3 Å². The molecule has 1 saturated carbocycles. The first kappa shape index (κ1) is 16.2. The summed E-state index contributed by atoms with van der Waals surface area (Å²) >= 11 is 0. The number of nitrogens with zero attached hydrogens (tertiary/aromatic N) is 1. The van der Waals surface area contributed by atoms with Gasteiger partial charge < -0.3 is 24.6 Å². The Morgan fingerprint density at radius 2 is 2.00 bits per heavy atom. The van der Waals surface area contributed by atoms with Gasteiger partial charge in [0.15, 0.2) is 11.5 Å². The SMILES string of the molecule is COc1ccc2c(c1OC)[C@]13CCN(C)[C@@H](C2)[C@]1(O)CC[C@@H](O)C3. The summed E-state index contributed by atoms with van der Waals surface area (Å²) in [4.78, 5) is 2.29. The summed E-state index contributed by atoms with van der Waals surface area (Å²) in [7, 11) is 5.40. The number of likely N-dealkylation sites (N-methyl/N-ethyl adjacent to an activating group) is 1. The third kappa shape index (κ3) is 1.86. The smallest absolute Gasteiger partial charge is 0.164 e. The second kappa shape index (κ2) is 5.35. The number of benzene rings is 1. The van der Waals surface area contributed by atoms with Crippen LogP contribution in [0.3, 0.4) is 0 Å². The van der Waals surface area contributed by atoms with Crippen LogP contribution < -0.4 is 9.47 Å². The van der Waals surface area contributed by atoms with E-state index in [4.69, 9.17) is 9.47 Å². The van der Waals surface area contributed by atoms with E-state index < -0.39 is 11.0 Å². The molecule has 5 nitrogen and oxygen atoms in total. The summed E-state index contributed by atoms with van der Waals surface area (Å²) in [6.45, 7) is 0.916. The molecular formula is C19H27NO4. The predicted molar refractivity (Wildman–Crippen MR) is 90.8 cm³/mol. The van der Waals surface area contributed by atoms with Gasteiger partial charge in [-0.05, 0) is 57.3 Å². The van der Waals surface area contributed by atoms with Crippen LogP contribution >= 0.6 is 0 Å². The fourth-order valence-corrected chi connectivity index (χ4v) is 5.64. The van der Waals surface area contributed by atoms with Gasteiger partial charge in [-0.3, -0.25) is 0 Å². The van der Waals surface area contributed by atoms with E-state index in [1.165, 1.54) is 5.56 Å². The average Bonchev–Trinajstić information content (AvgIpc) is 2.57. The Kier molecular flexibility index (Phi) is 3.61. The first-order valence-corrected chi connectivity index (χ1v) is 8.82. The minimum absolute atomic E-state index is 0.0874. The normalized spacial score (nSPS) is 38.2. The average molecular weight is 333 g/mol. The second-order valence-electron chi connectivity index (χ2n) is 7.69. The van der Waals surface area contributed by atoms with Gasteiger partial charge in [0.2, 0.25) is 0 Å². The summed E-state index contributed by atoms with van der Waals surface area (Å²) in [6.07, 6.45) is 3.12. The number of rotatable bonds is 2. The van der Waals surface area contributed by atoms with Crippen LogP contribution in [0.1, 0.15) is 36.8 Å². The number of ether oxygens (including phenoxy) is 2. The molecule has 1 aliphatic heterocycles. The largest absolute Gasteiger partial charge is 0.493 e. The van der Waals surface area contributed by atoms with Crippen LogP contribution in [-0.4, -0.2) is 60.7 Å². The zero-order chi connectivity index (χ0) is 17.1. The lowest BCUT2D eigenvalue weighted by Gasteiger charge is -2.64. The maximum Gasteiger partial charge on any atom is 0.164 e. The quantitative estimate of drug-likeness (QED) is 0.858. The molecule has 1 aromatic rings. The second-order valence-corrected chi connectivity index (χ2v) is 7.69. The zero-order valence-corrected chi connectivity index (χ0v) is 14.7. The molecule has 2 bridgehead atoms. The van der Waals surface area contributed by atoms with Crippen molar-refractivity contribution in [1.29, 1.82) is 0 Å². The summed E-state index contributed by atoms with van der Waals surface area (Å²) in [6, 6.07) is 4.14. The Balaban J connectivity index is 2.00. The van der Waals surface area contributed by atoms with Gasteiger partial charge in [-0.2, -0.15) is 0 Å². The highest BCUT2D eigenvalue weighted by atomic mass is 16.5. The molecule has 1 heterocycles. The van der Waals surface area contributed by atoms with Gasteiger partial charge in [0.1, 0.15) is 0 Å². The fraction of sp³-hybridized carbons (Fsp3) is 0.684. The Morgan fingerprint density at radius 3 is 2.71 bits per heavy atom. The van der Waals surface area contributed by atoms with E-state index in [-0.39, 0.29) is 12.1 Å². The van der Waals surface area contributed by atoms with E-state index in [1.807, 2.05) is 6.07 Å². The maximum atomic E-state index is 11.8. The first-order valence-electron chi connectivity index (χ1n) is 8.82. The number of aliphatic hydroxyl groups is 2. The van der Waals surface area contributed by atoms with E-state index in [0.29, 0.717) is 25.0 Å². The number of methoxy groups -OCH3 is 2. The van der Waals surface area contributed by atoms with Gasteiger partial charge >= 0.3 is 0 Å². The number of hydrogen-bond acceptors (Lipinski definition) is 5. The Labute approximate surface area is 143 Å². The number of hydrogen-bond donors (Lipinski definition) is 2. The molecule has 132 valence electrons. The molecule has 0 unspecified atom stereocenters. The zero-order valence-electron chi connectivity index (χ0n) is 14.7. The molecule has 3 aliphatic rings. The molecule has 0 spiro atoms. The van der Waals surface area contributed by atoms with Crippen molar-refractivity contribution in [3.63, 3.8) is 0 Å². The van der Waals surface area contributed by atoms with Crippen LogP contribution in [0.2, 0.25) is 0 Å². The lowest BCUT2D eigenvalue weighted by atomic mass is 9.49. The highest BCUT2D eigenvalue weighted by molar-refractivity contribution is 5.59. The molecule has 24 heavy (non-hydrogen) atoms. The molecule has 0 amide bonds. The van der Waals surface area contributed by atoms with Crippen molar-refractivity contribution in [3.8, 4) is 11.5 Å². The van der Waals surface area contributed by atoms with Crippen LogP contribution in [0, 0.1) is 0 Å². The minimum atomic E-state index is -0.828. The van der Waals surface area contributed by atoms with Gasteiger partial charge in [0, 0.05) is 17.0 Å². The van der Waals surface area contributed by atoms with Crippen molar-refractivity contribution in [2.24, 2.45) is 0 Å². The Morgan fingerprint density at radius 1 is 1.21 bits per heavy atom. The molecule has 1 saturated heterocycles. The third-order valence-corrected chi connectivity index (χ3v) is 6.77. The van der Waals surface area contributed by atoms with Gasteiger partial charge in [0.25, 0.3) is 0 Å². The van der Waals surface area contributed by atoms with E-state index >= 15 is 0 Å². The summed E-state index contributed by atoms with van der Waals surface area (Å²) in [5, 5.41) is 22.3. The monoisotopic (exact) mass is 333 g/mol. The number of aliphatic hydroxyl groups excluding tert-OH is 1. The molecule has 2 fully saturated rings. The van der Waals surface area contributed by atoms with E-state index in [0.717, 1.165) is 30.7 Å². The lowest BCUT2D eigenvalue weighted by molar-refractivity contribution is -0.177. The predicted octanol–water partition coefficient (Wildman–Crippen LogP) is 1.48. The highest BCUT2D eigenvalue weighted by Crippen LogP contribution is 2.61. The van der Waals surface area contributed by atoms with Crippen LogP contribution in [-0.2, 0) is 11.8 Å². The number of likely N-dealkylation sites (tertiary alicyclic amines) is 1. The van der Waals surface area contributed by atoms with Crippen LogP contribution in [0.4, 0.5) is 0 Å². The molecule has 0 aromatic heterocycles. The molecule has 2 N–H and O–H groups in total. The molecule has 0 radical (unpaired) electrons. The van der Waals surface area contributed by atoms with Gasteiger partial charge in [-0.1, -0.05) is 6.07 Å².